The summed E-state index contributed by atoms with van der Waals surface area (Å²) in [6.07, 6.45) is 0.861. The van der Waals surface area contributed by atoms with Gasteiger partial charge in [-0.1, -0.05) is 23.7 Å². The van der Waals surface area contributed by atoms with Crippen LogP contribution in [0.5, 0.6) is 0 Å². The van der Waals surface area contributed by atoms with Gasteiger partial charge in [0.05, 0.1) is 11.6 Å². The Morgan fingerprint density at radius 3 is 2.61 bits per heavy atom. The van der Waals surface area contributed by atoms with Gasteiger partial charge in [0.25, 0.3) is 0 Å². The molecule has 0 aliphatic carbocycles. The Morgan fingerprint density at radius 1 is 1.25 bits per heavy atom. The van der Waals surface area contributed by atoms with Crippen molar-refractivity contribution in [2.24, 2.45) is 16.6 Å². The fourth-order valence-electron chi connectivity index (χ4n) is 3.50. The summed E-state index contributed by atoms with van der Waals surface area (Å²) in [5.74, 6) is 0.920. The summed E-state index contributed by atoms with van der Waals surface area (Å²) in [5, 5.41) is 10.3. The molecule has 144 valence electrons. The summed E-state index contributed by atoms with van der Waals surface area (Å²) in [7, 11) is 0. The van der Waals surface area contributed by atoms with Crippen LogP contribution in [0.3, 0.4) is 0 Å². The molecule has 2 atom stereocenters. The molecule has 0 fully saturated rings. The lowest BCUT2D eigenvalue weighted by Crippen LogP contribution is -2.24. The fourth-order valence-corrected chi connectivity index (χ4v) is 4.84. The largest absolute Gasteiger partial charge is 0.330 e. The average molecular weight is 414 g/mol. The highest BCUT2D eigenvalue weighted by Crippen LogP contribution is 2.40. The maximum Gasteiger partial charge on any atom is 0.163 e. The number of benzene rings is 1. The summed E-state index contributed by atoms with van der Waals surface area (Å²) < 4.78 is 2.02. The highest BCUT2D eigenvalue weighted by molar-refractivity contribution is 7.15. The van der Waals surface area contributed by atoms with Crippen LogP contribution >= 0.6 is 22.9 Å². The number of aldehydes is 1. The Bertz CT molecular complexity index is 1080. The number of carbonyl (C=O) groups is 1. The maximum absolute atomic E-state index is 11.8. The van der Waals surface area contributed by atoms with Gasteiger partial charge in [0.2, 0.25) is 0 Å². The van der Waals surface area contributed by atoms with Gasteiger partial charge in [-0.2, -0.15) is 0 Å². The predicted molar refractivity (Wildman–Crippen MR) is 112 cm³/mol. The molecule has 0 radical (unpaired) electrons. The Labute approximate surface area is 172 Å². The first-order valence-corrected chi connectivity index (χ1v) is 10.2. The second-order valence-corrected chi connectivity index (χ2v) is 8.51. The van der Waals surface area contributed by atoms with Crippen molar-refractivity contribution in [3.8, 4) is 5.00 Å². The second kappa shape index (κ2) is 7.24. The summed E-state index contributed by atoms with van der Waals surface area (Å²) in [6, 6.07) is 7.09. The van der Waals surface area contributed by atoms with Gasteiger partial charge in [0, 0.05) is 27.6 Å². The Hall–Kier alpha value is -2.35. The number of nitrogens with zero attached hydrogens (tertiary/aromatic N) is 4. The van der Waals surface area contributed by atoms with E-state index in [0.29, 0.717) is 10.8 Å². The van der Waals surface area contributed by atoms with Crippen molar-refractivity contribution in [1.82, 2.24) is 14.8 Å². The molecule has 28 heavy (non-hydrogen) atoms. The molecule has 6 nitrogen and oxygen atoms in total. The number of fused-ring (bicyclic) bond motifs is 3. The van der Waals surface area contributed by atoms with E-state index in [1.54, 1.807) is 11.3 Å². The number of aliphatic imine (C=N–C) groups is 1. The van der Waals surface area contributed by atoms with E-state index in [9.17, 15) is 4.79 Å². The molecule has 2 aromatic heterocycles. The van der Waals surface area contributed by atoms with Crippen molar-refractivity contribution in [3.05, 3.63) is 62.5 Å². The molecule has 3 heterocycles. The molecule has 1 aromatic carbocycles. The molecular weight excluding hydrogens is 394 g/mol. The van der Waals surface area contributed by atoms with Gasteiger partial charge < -0.3 is 10.5 Å². The number of hydrogen-bond donors (Lipinski definition) is 1. The normalized spacial score (nSPS) is 16.8. The van der Waals surface area contributed by atoms with Crippen LogP contribution in [-0.4, -0.2) is 33.3 Å². The van der Waals surface area contributed by atoms with Crippen LogP contribution in [0.1, 0.15) is 39.3 Å². The maximum atomic E-state index is 11.8. The smallest absolute Gasteiger partial charge is 0.163 e. The SMILES string of the molecule is Cc1sc2c(c1C)C(c1ccc(Cl)cc1)=N[C@@H](C(C=O)CN)c1nnc(C)n1-2. The number of carbonyl (C=O) groups excluding carboxylic acids is 1. The van der Waals surface area contributed by atoms with Gasteiger partial charge in [-0.3, -0.25) is 9.56 Å². The van der Waals surface area contributed by atoms with Crippen molar-refractivity contribution in [2.45, 2.75) is 26.8 Å². The summed E-state index contributed by atoms with van der Waals surface area (Å²) in [6.45, 7) is 6.28. The van der Waals surface area contributed by atoms with E-state index in [-0.39, 0.29) is 6.54 Å². The van der Waals surface area contributed by atoms with Crippen LogP contribution < -0.4 is 5.73 Å². The van der Waals surface area contributed by atoms with Crippen molar-refractivity contribution < 1.29 is 4.79 Å². The van der Waals surface area contributed by atoms with E-state index in [1.165, 1.54) is 4.88 Å². The zero-order chi connectivity index (χ0) is 20.0. The molecule has 2 N–H and O–H groups in total. The van der Waals surface area contributed by atoms with Gasteiger partial charge in [-0.15, -0.1) is 21.5 Å². The van der Waals surface area contributed by atoms with Crippen molar-refractivity contribution in [1.29, 1.82) is 0 Å². The van der Waals surface area contributed by atoms with Crippen LogP contribution in [0, 0.1) is 26.7 Å². The quantitative estimate of drug-likeness (QED) is 0.662. The monoisotopic (exact) mass is 413 g/mol. The lowest BCUT2D eigenvalue weighted by molar-refractivity contribution is -0.111. The lowest BCUT2D eigenvalue weighted by atomic mass is 9.98. The topological polar surface area (TPSA) is 86.2 Å². The van der Waals surface area contributed by atoms with Crippen molar-refractivity contribution in [3.63, 3.8) is 0 Å². The van der Waals surface area contributed by atoms with Gasteiger partial charge in [-0.05, 0) is 38.5 Å². The molecule has 0 bridgehead atoms. The standard InChI is InChI=1S/C20H20ClN5OS/c1-10-11(2)28-20-16(10)17(13-4-6-15(21)7-5-13)23-18(14(8-22)9-27)19-25-24-12(3)26(19)20/h4-7,9,14,18H,8,22H2,1-3H3/t14?,18-/m0/s1. The Morgan fingerprint density at radius 2 is 1.96 bits per heavy atom. The van der Waals surface area contributed by atoms with E-state index in [4.69, 9.17) is 22.3 Å². The zero-order valence-electron chi connectivity index (χ0n) is 15.8. The highest BCUT2D eigenvalue weighted by Gasteiger charge is 2.34. The first-order valence-electron chi connectivity index (χ1n) is 8.98. The van der Waals surface area contributed by atoms with Gasteiger partial charge in [0.15, 0.2) is 5.82 Å². The molecule has 4 rings (SSSR count). The van der Waals surface area contributed by atoms with Crippen molar-refractivity contribution >= 4 is 34.9 Å². The molecule has 0 saturated heterocycles. The van der Waals surface area contributed by atoms with E-state index in [0.717, 1.165) is 39.5 Å². The molecule has 0 amide bonds. The van der Waals surface area contributed by atoms with E-state index in [1.807, 2.05) is 35.8 Å². The third kappa shape index (κ3) is 2.90. The average Bonchev–Trinajstić information content (AvgIpc) is 3.15. The summed E-state index contributed by atoms with van der Waals surface area (Å²) >= 11 is 7.77. The van der Waals surface area contributed by atoms with Crippen LogP contribution in [0.15, 0.2) is 29.3 Å². The molecule has 1 aliphatic rings. The predicted octanol–water partition coefficient (Wildman–Crippen LogP) is 3.57. The zero-order valence-corrected chi connectivity index (χ0v) is 17.4. The van der Waals surface area contributed by atoms with Crippen LogP contribution in [0.2, 0.25) is 5.02 Å². The van der Waals surface area contributed by atoms with Gasteiger partial charge >= 0.3 is 0 Å². The van der Waals surface area contributed by atoms with Crippen molar-refractivity contribution in [2.75, 3.05) is 6.54 Å². The van der Waals surface area contributed by atoms with Gasteiger partial charge in [0.1, 0.15) is 23.2 Å². The first kappa shape index (κ1) is 19.0. The van der Waals surface area contributed by atoms with Crippen LogP contribution in [-0.2, 0) is 4.79 Å². The second-order valence-electron chi connectivity index (χ2n) is 6.87. The molecule has 3 aromatic rings. The highest BCUT2D eigenvalue weighted by atomic mass is 35.5. The summed E-state index contributed by atoms with van der Waals surface area (Å²) in [4.78, 5) is 18.0. The molecule has 1 aliphatic heterocycles. The van der Waals surface area contributed by atoms with E-state index < -0.39 is 12.0 Å². The minimum atomic E-state index is -0.506. The Kier molecular flexibility index (Phi) is 4.91. The Balaban J connectivity index is 2.06. The molecule has 1 unspecified atom stereocenters. The number of nitrogens with two attached hydrogens (primary N) is 1. The fraction of sp³-hybridized carbons (Fsp3) is 0.300. The number of hydrogen-bond acceptors (Lipinski definition) is 6. The third-order valence-electron chi connectivity index (χ3n) is 5.16. The minimum Gasteiger partial charge on any atom is -0.330 e. The first-order chi connectivity index (χ1) is 13.5. The number of thiophene rings is 1. The molecule has 8 heteroatoms. The molecule has 0 spiro atoms. The van der Waals surface area contributed by atoms with Crippen LogP contribution in [0.4, 0.5) is 0 Å². The summed E-state index contributed by atoms with van der Waals surface area (Å²) in [5.41, 5.74) is 9.85. The minimum absolute atomic E-state index is 0.184. The number of aryl methyl sites for hydroxylation is 2. The molecule has 0 saturated carbocycles. The number of aromatic nitrogens is 3. The number of halogens is 1. The molecular formula is C20H20ClN5OS. The third-order valence-corrected chi connectivity index (χ3v) is 6.60. The van der Waals surface area contributed by atoms with Gasteiger partial charge in [-0.25, -0.2) is 0 Å². The van der Waals surface area contributed by atoms with E-state index in [2.05, 4.69) is 24.0 Å². The van der Waals surface area contributed by atoms with E-state index >= 15 is 0 Å². The van der Waals surface area contributed by atoms with Crippen LogP contribution in [0.25, 0.3) is 5.00 Å². The number of rotatable bonds is 4. The lowest BCUT2D eigenvalue weighted by Gasteiger charge is -2.17.